The topological polar surface area (TPSA) is 27.6 Å². The van der Waals surface area contributed by atoms with Gasteiger partial charge in [0, 0.05) is 0 Å². The number of alkyl halides is 3. The summed E-state index contributed by atoms with van der Waals surface area (Å²) in [5, 5.41) is 0. The Hall–Kier alpha value is 0.480. The maximum Gasteiger partial charge on any atom is 0.438 e. The molecule has 5 heteroatoms. The molecule has 0 rings (SSSR count). The van der Waals surface area contributed by atoms with Crippen molar-refractivity contribution in [2.75, 3.05) is 6.54 Å². The Morgan fingerprint density at radius 1 is 1.29 bits per heavy atom. The molecule has 0 aliphatic heterocycles. The van der Waals surface area contributed by atoms with Crippen molar-refractivity contribution in [3.63, 3.8) is 0 Å². The summed E-state index contributed by atoms with van der Waals surface area (Å²) in [5.41, 5.74) is 2.63. The fourth-order valence-corrected chi connectivity index (χ4v) is 0. The molecular formula is C2H5F3IN. The van der Waals surface area contributed by atoms with Gasteiger partial charge in [-0.2, -0.15) is 13.2 Å². The van der Waals surface area contributed by atoms with Crippen LogP contribution in [-0.2, 0) is 0 Å². The third-order valence-electron chi connectivity index (χ3n) is 0.283. The Kier molecular flexibility index (Phi) is 5.20. The SMILES string of the molecule is [I-].[NH3+]CC(F)(F)F. The van der Waals surface area contributed by atoms with Crippen molar-refractivity contribution in [3.05, 3.63) is 0 Å². The molecule has 0 fully saturated rings. The first-order valence-corrected chi connectivity index (χ1v) is 1.42. The molecule has 0 unspecified atom stereocenters. The van der Waals surface area contributed by atoms with Crippen LogP contribution in [0.1, 0.15) is 0 Å². The number of hydrogen-bond donors (Lipinski definition) is 1. The Balaban J connectivity index is 0. The van der Waals surface area contributed by atoms with Gasteiger partial charge in [-0.05, 0) is 0 Å². The van der Waals surface area contributed by atoms with E-state index in [1.807, 2.05) is 0 Å². The fourth-order valence-electron chi connectivity index (χ4n) is 0. The quantitative estimate of drug-likeness (QED) is 0.422. The molecule has 0 spiro atoms. The van der Waals surface area contributed by atoms with Gasteiger partial charge in [-0.1, -0.05) is 0 Å². The number of halogens is 4. The molecule has 0 bridgehead atoms. The lowest BCUT2D eigenvalue weighted by molar-refractivity contribution is -0.426. The Morgan fingerprint density at radius 3 is 1.43 bits per heavy atom. The molecule has 0 saturated heterocycles. The summed E-state index contributed by atoms with van der Waals surface area (Å²) in [6, 6.07) is 0. The average Bonchev–Trinajstić information content (AvgIpc) is 1.35. The summed E-state index contributed by atoms with van der Waals surface area (Å²) in [6.45, 7) is -0.979. The molecule has 46 valence electrons. The molecule has 0 radical (unpaired) electrons. The van der Waals surface area contributed by atoms with Gasteiger partial charge in [0.2, 0.25) is 0 Å². The van der Waals surface area contributed by atoms with Crippen LogP contribution in [0.15, 0.2) is 0 Å². The molecule has 0 atom stereocenters. The normalized spacial score (nSPS) is 10.3. The zero-order valence-corrected chi connectivity index (χ0v) is 5.58. The van der Waals surface area contributed by atoms with Gasteiger partial charge in [-0.3, -0.25) is 0 Å². The standard InChI is InChI=1S/C2H4F3N.HI/c3-2(4,5)1-6;/h1,6H2;1H. The average molecular weight is 227 g/mol. The van der Waals surface area contributed by atoms with Gasteiger partial charge in [-0.15, -0.1) is 0 Å². The van der Waals surface area contributed by atoms with Gasteiger partial charge in [0.15, 0.2) is 6.54 Å². The minimum atomic E-state index is -4.07. The van der Waals surface area contributed by atoms with E-state index in [4.69, 9.17) is 0 Å². The third kappa shape index (κ3) is 10.7. The Labute approximate surface area is 56.1 Å². The summed E-state index contributed by atoms with van der Waals surface area (Å²) in [4.78, 5) is 0. The van der Waals surface area contributed by atoms with Crippen LogP contribution in [0, 0.1) is 0 Å². The van der Waals surface area contributed by atoms with Crippen molar-refractivity contribution in [2.24, 2.45) is 0 Å². The van der Waals surface area contributed by atoms with Crippen LogP contribution in [0.3, 0.4) is 0 Å². The van der Waals surface area contributed by atoms with E-state index in [1.165, 1.54) is 0 Å². The molecule has 1 nitrogen and oxygen atoms in total. The highest BCUT2D eigenvalue weighted by Gasteiger charge is 2.26. The molecule has 0 aliphatic rings. The molecule has 0 aromatic heterocycles. The van der Waals surface area contributed by atoms with E-state index in [0.29, 0.717) is 0 Å². The van der Waals surface area contributed by atoms with E-state index >= 15 is 0 Å². The van der Waals surface area contributed by atoms with E-state index in [9.17, 15) is 13.2 Å². The first-order valence-electron chi connectivity index (χ1n) is 1.42. The smallest absolute Gasteiger partial charge is 0.438 e. The minimum Gasteiger partial charge on any atom is -1.00 e. The maximum absolute atomic E-state index is 10.7. The maximum atomic E-state index is 10.7. The Bertz CT molecular complexity index is 42.7. The zero-order valence-electron chi connectivity index (χ0n) is 3.43. The number of quaternary nitrogens is 1. The largest absolute Gasteiger partial charge is 1.00 e. The summed E-state index contributed by atoms with van der Waals surface area (Å²) in [7, 11) is 0. The van der Waals surface area contributed by atoms with E-state index < -0.39 is 12.7 Å². The van der Waals surface area contributed by atoms with Crippen LogP contribution < -0.4 is 29.7 Å². The second-order valence-corrected chi connectivity index (χ2v) is 0.865. The molecule has 0 aromatic carbocycles. The highest BCUT2D eigenvalue weighted by atomic mass is 127. The lowest BCUT2D eigenvalue weighted by Crippen LogP contribution is -3.00. The van der Waals surface area contributed by atoms with Gasteiger partial charge in [0.1, 0.15) is 0 Å². The minimum absolute atomic E-state index is 0. The molecule has 0 heterocycles. The van der Waals surface area contributed by atoms with Crippen molar-refractivity contribution in [1.82, 2.24) is 0 Å². The molecule has 0 saturated carbocycles. The van der Waals surface area contributed by atoms with Crippen LogP contribution in [0.5, 0.6) is 0 Å². The second-order valence-electron chi connectivity index (χ2n) is 0.865. The highest BCUT2D eigenvalue weighted by Crippen LogP contribution is 2.09. The Morgan fingerprint density at radius 2 is 1.43 bits per heavy atom. The monoisotopic (exact) mass is 227 g/mol. The van der Waals surface area contributed by atoms with Crippen molar-refractivity contribution in [2.45, 2.75) is 6.18 Å². The van der Waals surface area contributed by atoms with Crippen molar-refractivity contribution < 1.29 is 42.9 Å². The van der Waals surface area contributed by atoms with E-state index in [2.05, 4.69) is 5.73 Å². The van der Waals surface area contributed by atoms with Crippen molar-refractivity contribution in [1.29, 1.82) is 0 Å². The third-order valence-corrected chi connectivity index (χ3v) is 0.283. The molecule has 0 amide bonds. The highest BCUT2D eigenvalue weighted by molar-refractivity contribution is 4.37. The lowest BCUT2D eigenvalue weighted by atomic mass is 10.7. The summed E-state index contributed by atoms with van der Waals surface area (Å²) in [6.07, 6.45) is -4.07. The first kappa shape index (κ1) is 10.5. The molecule has 7 heavy (non-hydrogen) atoms. The van der Waals surface area contributed by atoms with Gasteiger partial charge in [0.25, 0.3) is 0 Å². The fraction of sp³-hybridized carbons (Fsp3) is 1.00. The van der Waals surface area contributed by atoms with Crippen molar-refractivity contribution >= 4 is 0 Å². The van der Waals surface area contributed by atoms with Crippen LogP contribution in [0.2, 0.25) is 0 Å². The van der Waals surface area contributed by atoms with E-state index in [-0.39, 0.29) is 24.0 Å². The van der Waals surface area contributed by atoms with Crippen LogP contribution in [0.4, 0.5) is 13.2 Å². The summed E-state index contributed by atoms with van der Waals surface area (Å²) >= 11 is 0. The van der Waals surface area contributed by atoms with Crippen LogP contribution >= 0.6 is 0 Å². The second kappa shape index (κ2) is 3.48. The predicted octanol–water partition coefficient (Wildman–Crippen LogP) is -3.21. The van der Waals surface area contributed by atoms with Gasteiger partial charge in [0.05, 0.1) is 0 Å². The van der Waals surface area contributed by atoms with Crippen LogP contribution in [-0.4, -0.2) is 12.7 Å². The molecular weight excluding hydrogens is 222 g/mol. The molecule has 3 N–H and O–H groups in total. The summed E-state index contributed by atoms with van der Waals surface area (Å²) in [5.74, 6) is 0. The lowest BCUT2D eigenvalue weighted by Gasteiger charge is -1.93. The first-order chi connectivity index (χ1) is 2.56. The number of rotatable bonds is 0. The van der Waals surface area contributed by atoms with E-state index in [0.717, 1.165) is 0 Å². The van der Waals surface area contributed by atoms with Gasteiger partial charge < -0.3 is 29.7 Å². The molecule has 0 aromatic rings. The van der Waals surface area contributed by atoms with Crippen LogP contribution in [0.25, 0.3) is 0 Å². The van der Waals surface area contributed by atoms with Crippen molar-refractivity contribution in [3.8, 4) is 0 Å². The van der Waals surface area contributed by atoms with Gasteiger partial charge >= 0.3 is 6.18 Å². The van der Waals surface area contributed by atoms with E-state index in [1.54, 1.807) is 0 Å². The predicted molar refractivity (Wildman–Crippen MR) is 13.8 cm³/mol. The zero-order chi connectivity index (χ0) is 5.21. The molecule has 0 aliphatic carbocycles. The summed E-state index contributed by atoms with van der Waals surface area (Å²) < 4.78 is 32.2. The number of hydrogen-bond acceptors (Lipinski definition) is 0. The van der Waals surface area contributed by atoms with Gasteiger partial charge in [-0.25, -0.2) is 0 Å².